The van der Waals surface area contributed by atoms with E-state index in [1.165, 1.54) is 11.1 Å². The van der Waals surface area contributed by atoms with E-state index in [1.807, 2.05) is 23.0 Å². The molecule has 0 saturated carbocycles. The Bertz CT molecular complexity index is 421. The van der Waals surface area contributed by atoms with Crippen LogP contribution >= 0.6 is 0 Å². The fraction of sp³-hybridized carbons (Fsp3) is 0.364. The summed E-state index contributed by atoms with van der Waals surface area (Å²) >= 11 is 0. The number of fused-ring (bicyclic) bond motifs is 1. The molecule has 0 atom stereocenters. The minimum atomic E-state index is 0.183. The van der Waals surface area contributed by atoms with Crippen LogP contribution in [0, 0.1) is 0 Å². The molecule has 2 nitrogen and oxygen atoms in total. The summed E-state index contributed by atoms with van der Waals surface area (Å²) in [4.78, 5) is 0. The molecule has 13 heavy (non-hydrogen) atoms. The van der Waals surface area contributed by atoms with E-state index in [0.29, 0.717) is 0 Å². The smallest absolute Gasteiger partial charge is 0.0698 e. The molecule has 0 aliphatic rings. The second-order valence-corrected chi connectivity index (χ2v) is 4.33. The van der Waals surface area contributed by atoms with E-state index < -0.39 is 0 Å². The summed E-state index contributed by atoms with van der Waals surface area (Å²) in [7, 11) is 0. The van der Waals surface area contributed by atoms with Crippen molar-refractivity contribution in [3.8, 4) is 0 Å². The van der Waals surface area contributed by atoms with Crippen molar-refractivity contribution in [1.29, 1.82) is 0 Å². The fourth-order valence-corrected chi connectivity index (χ4v) is 1.59. The van der Waals surface area contributed by atoms with Crippen molar-refractivity contribution in [3.05, 3.63) is 36.2 Å². The second-order valence-electron chi connectivity index (χ2n) is 4.33. The largest absolute Gasteiger partial charge is 0.241 e. The van der Waals surface area contributed by atoms with Crippen LogP contribution < -0.4 is 0 Å². The van der Waals surface area contributed by atoms with Crippen LogP contribution in [-0.2, 0) is 5.41 Å². The predicted octanol–water partition coefficient (Wildman–Crippen LogP) is 2.63. The maximum Gasteiger partial charge on any atom is 0.0698 e. The van der Waals surface area contributed by atoms with Gasteiger partial charge in [0.1, 0.15) is 0 Å². The molecule has 0 spiro atoms. The highest BCUT2D eigenvalue weighted by Gasteiger charge is 2.16. The molecular weight excluding hydrogens is 160 g/mol. The first-order valence-electron chi connectivity index (χ1n) is 4.52. The zero-order chi connectivity index (χ0) is 9.47. The van der Waals surface area contributed by atoms with Crippen molar-refractivity contribution < 1.29 is 0 Å². The number of rotatable bonds is 0. The zero-order valence-electron chi connectivity index (χ0n) is 8.28. The number of nitrogens with zero attached hydrogens (tertiary/aromatic N) is 2. The first-order chi connectivity index (χ1) is 6.09. The molecule has 0 N–H and O–H groups in total. The molecule has 0 radical (unpaired) electrons. The summed E-state index contributed by atoms with van der Waals surface area (Å²) in [6, 6.07) is 6.26. The number of aromatic nitrogens is 2. The van der Waals surface area contributed by atoms with Gasteiger partial charge in [0.05, 0.1) is 5.52 Å². The van der Waals surface area contributed by atoms with E-state index in [4.69, 9.17) is 0 Å². The molecule has 2 heteroatoms. The molecule has 2 heterocycles. The van der Waals surface area contributed by atoms with Crippen molar-refractivity contribution >= 4 is 5.52 Å². The first kappa shape index (κ1) is 8.30. The third-order valence-electron chi connectivity index (χ3n) is 2.24. The van der Waals surface area contributed by atoms with Gasteiger partial charge in [0, 0.05) is 12.4 Å². The van der Waals surface area contributed by atoms with E-state index >= 15 is 0 Å². The average Bonchev–Trinajstić information content (AvgIpc) is 2.48. The fourth-order valence-electron chi connectivity index (χ4n) is 1.59. The van der Waals surface area contributed by atoms with Crippen molar-refractivity contribution in [2.45, 2.75) is 26.2 Å². The summed E-state index contributed by atoms with van der Waals surface area (Å²) in [5, 5.41) is 4.21. The lowest BCUT2D eigenvalue weighted by atomic mass is 9.87. The van der Waals surface area contributed by atoms with Gasteiger partial charge in [-0.05, 0) is 23.1 Å². The minimum absolute atomic E-state index is 0.183. The lowest BCUT2D eigenvalue weighted by Crippen LogP contribution is -2.12. The van der Waals surface area contributed by atoms with E-state index in [0.717, 1.165) is 0 Å². The molecule has 0 aliphatic carbocycles. The van der Waals surface area contributed by atoms with Crippen molar-refractivity contribution in [2.24, 2.45) is 0 Å². The average molecular weight is 174 g/mol. The maximum absolute atomic E-state index is 4.21. The van der Waals surface area contributed by atoms with Crippen molar-refractivity contribution in [3.63, 3.8) is 0 Å². The maximum atomic E-state index is 4.21. The molecule has 0 amide bonds. The van der Waals surface area contributed by atoms with Gasteiger partial charge in [0.2, 0.25) is 0 Å². The molecule has 0 aliphatic heterocycles. The molecule has 0 aromatic carbocycles. The second kappa shape index (κ2) is 2.59. The zero-order valence-corrected chi connectivity index (χ0v) is 8.28. The van der Waals surface area contributed by atoms with Gasteiger partial charge < -0.3 is 0 Å². The molecule has 0 fully saturated rings. The molecule has 2 aromatic heterocycles. The standard InChI is InChI=1S/C11H14N2/c1-11(2,3)9-5-4-8-13-10(9)6-7-12-13/h4-8H,1-3H3. The Morgan fingerprint density at radius 2 is 2.00 bits per heavy atom. The summed E-state index contributed by atoms with van der Waals surface area (Å²) in [6.45, 7) is 6.65. The van der Waals surface area contributed by atoms with E-state index in [-0.39, 0.29) is 5.41 Å². The van der Waals surface area contributed by atoms with Crippen LogP contribution in [0.5, 0.6) is 0 Å². The van der Waals surface area contributed by atoms with Gasteiger partial charge in [0.25, 0.3) is 0 Å². The highest BCUT2D eigenvalue weighted by Crippen LogP contribution is 2.25. The number of hydrogen-bond acceptors (Lipinski definition) is 1. The Morgan fingerprint density at radius 1 is 1.23 bits per heavy atom. The minimum Gasteiger partial charge on any atom is -0.241 e. The highest BCUT2D eigenvalue weighted by atomic mass is 15.2. The Labute approximate surface area is 78.2 Å². The normalized spacial score (nSPS) is 12.2. The molecule has 2 aromatic rings. The van der Waals surface area contributed by atoms with Gasteiger partial charge in [-0.2, -0.15) is 5.10 Å². The summed E-state index contributed by atoms with van der Waals surface area (Å²) in [6.07, 6.45) is 3.81. The monoisotopic (exact) mass is 174 g/mol. The Morgan fingerprint density at radius 3 is 2.69 bits per heavy atom. The Kier molecular flexibility index (Phi) is 1.65. The van der Waals surface area contributed by atoms with Crippen LogP contribution in [-0.4, -0.2) is 9.61 Å². The topological polar surface area (TPSA) is 17.3 Å². The quantitative estimate of drug-likeness (QED) is 0.600. The molecule has 0 unspecified atom stereocenters. The summed E-state index contributed by atoms with van der Waals surface area (Å²) < 4.78 is 1.92. The molecule has 0 bridgehead atoms. The van der Waals surface area contributed by atoms with Gasteiger partial charge in [0.15, 0.2) is 0 Å². The van der Waals surface area contributed by atoms with Gasteiger partial charge in [-0.1, -0.05) is 26.8 Å². The van der Waals surface area contributed by atoms with E-state index in [9.17, 15) is 0 Å². The molecule has 2 rings (SSSR count). The van der Waals surface area contributed by atoms with Gasteiger partial charge >= 0.3 is 0 Å². The van der Waals surface area contributed by atoms with Crippen LogP contribution in [0.25, 0.3) is 5.52 Å². The lowest BCUT2D eigenvalue weighted by Gasteiger charge is -2.19. The highest BCUT2D eigenvalue weighted by molar-refractivity contribution is 5.56. The molecular formula is C11H14N2. The first-order valence-corrected chi connectivity index (χ1v) is 4.52. The van der Waals surface area contributed by atoms with Gasteiger partial charge in [-0.15, -0.1) is 0 Å². The van der Waals surface area contributed by atoms with E-state index in [2.05, 4.69) is 38.0 Å². The van der Waals surface area contributed by atoms with Crippen LogP contribution in [0.1, 0.15) is 26.3 Å². The number of pyridine rings is 1. The van der Waals surface area contributed by atoms with Crippen molar-refractivity contribution in [1.82, 2.24) is 9.61 Å². The third-order valence-corrected chi connectivity index (χ3v) is 2.24. The van der Waals surface area contributed by atoms with Crippen LogP contribution in [0.4, 0.5) is 0 Å². The van der Waals surface area contributed by atoms with Crippen LogP contribution in [0.2, 0.25) is 0 Å². The van der Waals surface area contributed by atoms with Crippen molar-refractivity contribution in [2.75, 3.05) is 0 Å². The predicted molar refractivity (Wildman–Crippen MR) is 53.9 cm³/mol. The Balaban J connectivity index is 2.75. The van der Waals surface area contributed by atoms with E-state index in [1.54, 1.807) is 0 Å². The molecule has 0 saturated heterocycles. The molecule has 68 valence electrons. The Hall–Kier alpha value is -1.31. The van der Waals surface area contributed by atoms with Crippen LogP contribution in [0.15, 0.2) is 30.6 Å². The SMILES string of the molecule is CC(C)(C)c1cccn2nccc12. The summed E-state index contributed by atoms with van der Waals surface area (Å²) in [5.74, 6) is 0. The third kappa shape index (κ3) is 1.32. The lowest BCUT2D eigenvalue weighted by molar-refractivity contribution is 0.592. The van der Waals surface area contributed by atoms with Gasteiger partial charge in [-0.3, -0.25) is 0 Å². The summed E-state index contributed by atoms with van der Waals surface area (Å²) in [5.41, 5.74) is 2.73. The van der Waals surface area contributed by atoms with Gasteiger partial charge in [-0.25, -0.2) is 4.52 Å². The number of hydrogen-bond donors (Lipinski definition) is 0. The van der Waals surface area contributed by atoms with Crippen LogP contribution in [0.3, 0.4) is 0 Å².